The first-order valence-corrected chi connectivity index (χ1v) is 9.50. The fourth-order valence-electron chi connectivity index (χ4n) is 3.24. The number of nitrogens with one attached hydrogen (secondary N) is 1. The topological polar surface area (TPSA) is 113 Å². The Kier molecular flexibility index (Phi) is 7.85. The van der Waals surface area contributed by atoms with Crippen LogP contribution in [-0.2, 0) is 30.5 Å². The fraction of sp³-hybridized carbons (Fsp3) is 0.500. The van der Waals surface area contributed by atoms with Crippen molar-refractivity contribution in [3.63, 3.8) is 0 Å². The van der Waals surface area contributed by atoms with Gasteiger partial charge in [0.15, 0.2) is 18.2 Å². The minimum atomic E-state index is -1.32. The highest BCUT2D eigenvalue weighted by molar-refractivity contribution is 5.87. The van der Waals surface area contributed by atoms with Crippen LogP contribution in [0, 0.1) is 17.6 Å². The number of hydrogen-bond donors (Lipinski definition) is 2. The maximum Gasteiger partial charge on any atom is 0.341 e. The summed E-state index contributed by atoms with van der Waals surface area (Å²) < 4.78 is 32.1. The molecule has 8 nitrogen and oxygen atoms in total. The van der Waals surface area contributed by atoms with Gasteiger partial charge in [-0.15, -0.1) is 0 Å². The molecular weight excluding hydrogens is 402 g/mol. The maximum atomic E-state index is 14.0. The maximum absolute atomic E-state index is 14.0. The third-order valence-electron chi connectivity index (χ3n) is 4.82. The molecule has 10 heteroatoms. The van der Waals surface area contributed by atoms with Gasteiger partial charge in [-0.2, -0.15) is 0 Å². The molecule has 1 aromatic carbocycles. The largest absolute Gasteiger partial charge is 0.479 e. The van der Waals surface area contributed by atoms with Gasteiger partial charge >= 0.3 is 11.9 Å². The van der Waals surface area contributed by atoms with Crippen LogP contribution in [0.5, 0.6) is 0 Å². The number of carboxylic acids is 1. The second-order valence-electron chi connectivity index (χ2n) is 7.42. The van der Waals surface area contributed by atoms with Crippen LogP contribution in [0.2, 0.25) is 0 Å². The van der Waals surface area contributed by atoms with Crippen molar-refractivity contribution >= 4 is 23.8 Å². The number of benzene rings is 1. The quantitative estimate of drug-likeness (QED) is 0.580. The van der Waals surface area contributed by atoms with Crippen LogP contribution in [0.4, 0.5) is 8.78 Å². The molecule has 0 bridgehead atoms. The summed E-state index contributed by atoms with van der Waals surface area (Å²) >= 11 is 0. The van der Waals surface area contributed by atoms with Gasteiger partial charge in [0, 0.05) is 31.0 Å². The molecule has 1 heterocycles. The number of amides is 2. The lowest BCUT2D eigenvalue weighted by Crippen LogP contribution is -2.47. The lowest BCUT2D eigenvalue weighted by atomic mass is 10.0. The number of rotatable bonds is 9. The molecule has 2 N–H and O–H groups in total. The summed E-state index contributed by atoms with van der Waals surface area (Å²) in [7, 11) is 0. The number of carboxylic acid groups (broad SMARTS) is 1. The average molecular weight is 426 g/mol. The van der Waals surface area contributed by atoms with Gasteiger partial charge in [0.05, 0.1) is 0 Å². The predicted molar refractivity (Wildman–Crippen MR) is 99.9 cm³/mol. The zero-order valence-corrected chi connectivity index (χ0v) is 16.7. The van der Waals surface area contributed by atoms with Crippen molar-refractivity contribution in [2.45, 2.75) is 51.7 Å². The van der Waals surface area contributed by atoms with E-state index in [4.69, 9.17) is 5.11 Å². The SMILES string of the molecule is CC(C)[C@H](NC(=O)C[C@@H]1CCC(=O)N1Cc1cccc(F)c1F)C(=O)OCC(=O)O. The number of aliphatic carboxylic acids is 1. The molecule has 164 valence electrons. The molecular formula is C20H24F2N2O6. The third-order valence-corrected chi connectivity index (χ3v) is 4.82. The van der Waals surface area contributed by atoms with Crippen LogP contribution >= 0.6 is 0 Å². The first kappa shape index (κ1) is 23.2. The van der Waals surface area contributed by atoms with E-state index in [0.29, 0.717) is 6.42 Å². The first-order chi connectivity index (χ1) is 14.1. The first-order valence-electron chi connectivity index (χ1n) is 9.50. The van der Waals surface area contributed by atoms with Gasteiger partial charge in [0.2, 0.25) is 11.8 Å². The number of halogens is 2. The fourth-order valence-corrected chi connectivity index (χ4v) is 3.24. The van der Waals surface area contributed by atoms with Crippen LogP contribution < -0.4 is 5.32 Å². The summed E-state index contributed by atoms with van der Waals surface area (Å²) in [5, 5.41) is 11.1. The highest BCUT2D eigenvalue weighted by Gasteiger charge is 2.34. The molecule has 30 heavy (non-hydrogen) atoms. The molecule has 0 radical (unpaired) electrons. The van der Waals surface area contributed by atoms with Gasteiger partial charge in [0.25, 0.3) is 0 Å². The summed E-state index contributed by atoms with van der Waals surface area (Å²) in [4.78, 5) is 48.6. The molecule has 0 aliphatic carbocycles. The van der Waals surface area contributed by atoms with Crippen LogP contribution in [-0.4, -0.2) is 52.4 Å². The number of ether oxygens (including phenoxy) is 1. The minimum absolute atomic E-state index is 0.00737. The molecule has 0 spiro atoms. The van der Waals surface area contributed by atoms with E-state index in [1.165, 1.54) is 17.0 Å². The molecule has 0 unspecified atom stereocenters. The Balaban J connectivity index is 2.02. The van der Waals surface area contributed by atoms with Gasteiger partial charge in [0.1, 0.15) is 6.04 Å². The smallest absolute Gasteiger partial charge is 0.341 e. The number of hydrogen-bond acceptors (Lipinski definition) is 5. The van der Waals surface area contributed by atoms with Crippen molar-refractivity contribution in [2.75, 3.05) is 6.61 Å². The van der Waals surface area contributed by atoms with Crippen LogP contribution in [0.15, 0.2) is 18.2 Å². The van der Waals surface area contributed by atoms with Crippen molar-refractivity contribution in [1.29, 1.82) is 0 Å². The Morgan fingerprint density at radius 2 is 2.00 bits per heavy atom. The Morgan fingerprint density at radius 3 is 2.63 bits per heavy atom. The molecule has 2 rings (SSSR count). The molecule has 1 aliphatic heterocycles. The van der Waals surface area contributed by atoms with E-state index in [9.17, 15) is 28.0 Å². The molecule has 2 amide bonds. The summed E-state index contributed by atoms with van der Waals surface area (Å²) in [5.41, 5.74) is 0.00737. The number of carbonyl (C=O) groups is 4. The summed E-state index contributed by atoms with van der Waals surface area (Å²) in [6.45, 7) is 2.33. The van der Waals surface area contributed by atoms with E-state index in [1.807, 2.05) is 0 Å². The summed E-state index contributed by atoms with van der Waals surface area (Å²) in [5.74, 6) is -5.43. The average Bonchev–Trinajstić information content (AvgIpc) is 3.00. The molecule has 2 atom stereocenters. The second-order valence-corrected chi connectivity index (χ2v) is 7.42. The Labute approximate surface area is 172 Å². The van der Waals surface area contributed by atoms with Crippen LogP contribution in [0.3, 0.4) is 0 Å². The standard InChI is InChI=1S/C20H24F2N2O6/c1-11(2)19(20(29)30-10-17(27)28)23-15(25)8-13-6-7-16(26)24(13)9-12-4-3-5-14(21)18(12)22/h3-5,11,13,19H,6-10H2,1-2H3,(H,23,25)(H,27,28)/t13-,19-/m0/s1. The minimum Gasteiger partial charge on any atom is -0.479 e. The van der Waals surface area contributed by atoms with Crippen LogP contribution in [0.1, 0.15) is 38.7 Å². The lowest BCUT2D eigenvalue weighted by molar-refractivity contribution is -0.158. The summed E-state index contributed by atoms with van der Waals surface area (Å²) in [6, 6.07) is 2.09. The monoisotopic (exact) mass is 426 g/mol. The van der Waals surface area contributed by atoms with Crippen molar-refractivity contribution < 1.29 is 37.8 Å². The third kappa shape index (κ3) is 5.98. The number of esters is 1. The van der Waals surface area contributed by atoms with E-state index in [-0.39, 0.29) is 36.8 Å². The Morgan fingerprint density at radius 1 is 1.30 bits per heavy atom. The second kappa shape index (κ2) is 10.1. The van der Waals surface area contributed by atoms with Gasteiger partial charge in [-0.3, -0.25) is 9.59 Å². The van der Waals surface area contributed by atoms with E-state index in [0.717, 1.165) is 6.07 Å². The van der Waals surface area contributed by atoms with Gasteiger partial charge in [-0.25, -0.2) is 18.4 Å². The van der Waals surface area contributed by atoms with E-state index >= 15 is 0 Å². The highest BCUT2D eigenvalue weighted by Crippen LogP contribution is 2.25. The molecule has 0 saturated carbocycles. The lowest BCUT2D eigenvalue weighted by Gasteiger charge is -2.26. The van der Waals surface area contributed by atoms with Crippen LogP contribution in [0.25, 0.3) is 0 Å². The van der Waals surface area contributed by atoms with Crippen molar-refractivity contribution in [3.8, 4) is 0 Å². The van der Waals surface area contributed by atoms with Crippen molar-refractivity contribution in [2.24, 2.45) is 5.92 Å². The van der Waals surface area contributed by atoms with E-state index in [2.05, 4.69) is 10.1 Å². The molecule has 1 aromatic rings. The normalized spacial score (nSPS) is 17.2. The zero-order chi connectivity index (χ0) is 22.4. The Bertz CT molecular complexity index is 830. The van der Waals surface area contributed by atoms with Gasteiger partial charge in [-0.05, 0) is 18.4 Å². The number of likely N-dealkylation sites (tertiary alicyclic amines) is 1. The zero-order valence-electron chi connectivity index (χ0n) is 16.7. The molecule has 1 aliphatic rings. The van der Waals surface area contributed by atoms with Crippen molar-refractivity contribution in [3.05, 3.63) is 35.4 Å². The van der Waals surface area contributed by atoms with Gasteiger partial charge < -0.3 is 20.1 Å². The van der Waals surface area contributed by atoms with E-state index in [1.54, 1.807) is 13.8 Å². The number of carbonyl (C=O) groups excluding carboxylic acids is 3. The highest BCUT2D eigenvalue weighted by atomic mass is 19.2. The Hall–Kier alpha value is -3.04. The summed E-state index contributed by atoms with van der Waals surface area (Å²) in [6.07, 6.45) is 0.389. The molecule has 1 saturated heterocycles. The molecule has 1 fully saturated rings. The van der Waals surface area contributed by atoms with Crippen molar-refractivity contribution in [1.82, 2.24) is 10.2 Å². The number of nitrogens with zero attached hydrogens (tertiary/aromatic N) is 1. The van der Waals surface area contributed by atoms with Gasteiger partial charge in [-0.1, -0.05) is 26.0 Å². The predicted octanol–water partition coefficient (Wildman–Crippen LogP) is 1.61. The molecule has 0 aromatic heterocycles. The van der Waals surface area contributed by atoms with E-state index < -0.39 is 48.2 Å².